The normalized spacial score (nSPS) is 17.8. The zero-order chi connectivity index (χ0) is 18.8. The minimum absolute atomic E-state index is 0.466. The molecule has 1 atom stereocenters. The molecule has 1 aliphatic heterocycles. The molecule has 3 aromatic rings. The summed E-state index contributed by atoms with van der Waals surface area (Å²) >= 11 is 0. The average molecular weight is 362 g/mol. The summed E-state index contributed by atoms with van der Waals surface area (Å²) in [5.74, 6) is 1.80. The van der Waals surface area contributed by atoms with Crippen molar-refractivity contribution >= 4 is 16.6 Å². The fourth-order valence-corrected chi connectivity index (χ4v) is 3.94. The fourth-order valence-electron chi connectivity index (χ4n) is 3.94. The van der Waals surface area contributed by atoms with Crippen LogP contribution in [0.5, 0.6) is 5.75 Å². The number of methoxy groups -OCH3 is 1. The number of likely N-dealkylation sites (tertiary alicyclic amines) is 1. The molecular formula is C22H26N4O. The van der Waals surface area contributed by atoms with E-state index in [2.05, 4.69) is 58.4 Å². The van der Waals surface area contributed by atoms with Gasteiger partial charge in [-0.05, 0) is 50.7 Å². The smallest absolute Gasteiger partial charge is 0.159 e. The summed E-state index contributed by atoms with van der Waals surface area (Å²) in [4.78, 5) is 4.70. The molecule has 0 saturated carbocycles. The van der Waals surface area contributed by atoms with Gasteiger partial charge in [-0.15, -0.1) is 10.2 Å². The van der Waals surface area contributed by atoms with Gasteiger partial charge in [0.05, 0.1) is 7.11 Å². The van der Waals surface area contributed by atoms with Crippen molar-refractivity contribution in [1.29, 1.82) is 0 Å². The molecule has 5 nitrogen and oxygen atoms in total. The van der Waals surface area contributed by atoms with E-state index in [0.717, 1.165) is 40.1 Å². The number of aromatic nitrogens is 2. The Kier molecular flexibility index (Phi) is 4.94. The zero-order valence-electron chi connectivity index (χ0n) is 16.2. The van der Waals surface area contributed by atoms with Crippen LogP contribution in [0.2, 0.25) is 0 Å². The molecule has 1 fully saturated rings. The van der Waals surface area contributed by atoms with Crippen LogP contribution in [0.1, 0.15) is 12.8 Å². The topological polar surface area (TPSA) is 41.5 Å². The van der Waals surface area contributed by atoms with E-state index in [1.165, 1.54) is 19.4 Å². The SMILES string of the molecule is COc1ccc(-c2nnc(N(C)C3CCCN(C)C3)c3ccccc23)cc1. The Balaban J connectivity index is 1.75. The van der Waals surface area contributed by atoms with Crippen molar-refractivity contribution in [2.75, 3.05) is 39.2 Å². The Hall–Kier alpha value is -2.66. The first-order valence-corrected chi connectivity index (χ1v) is 9.48. The van der Waals surface area contributed by atoms with E-state index >= 15 is 0 Å². The van der Waals surface area contributed by atoms with Crippen molar-refractivity contribution in [3.8, 4) is 17.0 Å². The van der Waals surface area contributed by atoms with Crippen LogP contribution in [-0.4, -0.2) is 55.4 Å². The second-order valence-corrected chi connectivity index (χ2v) is 7.32. The van der Waals surface area contributed by atoms with Crippen LogP contribution < -0.4 is 9.64 Å². The molecule has 1 aliphatic rings. The summed E-state index contributed by atoms with van der Waals surface area (Å²) in [5, 5.41) is 11.5. The van der Waals surface area contributed by atoms with Crippen LogP contribution in [0.15, 0.2) is 48.5 Å². The maximum Gasteiger partial charge on any atom is 0.159 e. The number of ether oxygens (including phenoxy) is 1. The fraction of sp³-hybridized carbons (Fsp3) is 0.364. The molecule has 2 aromatic carbocycles. The summed E-state index contributed by atoms with van der Waals surface area (Å²) < 4.78 is 5.27. The van der Waals surface area contributed by atoms with Crippen molar-refractivity contribution in [2.45, 2.75) is 18.9 Å². The molecule has 27 heavy (non-hydrogen) atoms. The predicted molar refractivity (Wildman–Crippen MR) is 110 cm³/mol. The highest BCUT2D eigenvalue weighted by atomic mass is 16.5. The van der Waals surface area contributed by atoms with Crippen LogP contribution in [0, 0.1) is 0 Å². The van der Waals surface area contributed by atoms with Crippen LogP contribution in [0.3, 0.4) is 0 Å². The second kappa shape index (κ2) is 7.53. The minimum atomic E-state index is 0.466. The van der Waals surface area contributed by atoms with Crippen molar-refractivity contribution in [2.24, 2.45) is 0 Å². The molecule has 0 bridgehead atoms. The summed E-state index contributed by atoms with van der Waals surface area (Å²) in [7, 11) is 6.02. The Bertz CT molecular complexity index is 925. The molecule has 0 N–H and O–H groups in total. The van der Waals surface area contributed by atoms with Crippen LogP contribution in [0.4, 0.5) is 5.82 Å². The van der Waals surface area contributed by atoms with Gasteiger partial charge in [-0.3, -0.25) is 0 Å². The second-order valence-electron chi connectivity index (χ2n) is 7.32. The van der Waals surface area contributed by atoms with Gasteiger partial charge in [0.15, 0.2) is 5.82 Å². The molecule has 0 amide bonds. The summed E-state index contributed by atoms with van der Waals surface area (Å²) in [5.41, 5.74) is 1.96. The Morgan fingerprint density at radius 3 is 2.48 bits per heavy atom. The molecular weight excluding hydrogens is 336 g/mol. The van der Waals surface area contributed by atoms with E-state index in [1.54, 1.807) is 7.11 Å². The van der Waals surface area contributed by atoms with Crippen LogP contribution >= 0.6 is 0 Å². The first-order chi connectivity index (χ1) is 13.2. The maximum absolute atomic E-state index is 5.27. The van der Waals surface area contributed by atoms with E-state index in [0.29, 0.717) is 6.04 Å². The van der Waals surface area contributed by atoms with Gasteiger partial charge < -0.3 is 14.5 Å². The lowest BCUT2D eigenvalue weighted by Crippen LogP contribution is -2.45. The maximum atomic E-state index is 5.27. The highest BCUT2D eigenvalue weighted by molar-refractivity contribution is 6.00. The third-order valence-corrected chi connectivity index (χ3v) is 5.51. The van der Waals surface area contributed by atoms with Crippen LogP contribution in [-0.2, 0) is 0 Å². The van der Waals surface area contributed by atoms with Gasteiger partial charge in [0.1, 0.15) is 11.4 Å². The van der Waals surface area contributed by atoms with E-state index < -0.39 is 0 Å². The molecule has 0 spiro atoms. The largest absolute Gasteiger partial charge is 0.497 e. The van der Waals surface area contributed by atoms with Crippen molar-refractivity contribution in [1.82, 2.24) is 15.1 Å². The van der Waals surface area contributed by atoms with Crippen molar-refractivity contribution < 1.29 is 4.74 Å². The molecule has 0 aliphatic carbocycles. The zero-order valence-corrected chi connectivity index (χ0v) is 16.2. The monoisotopic (exact) mass is 362 g/mol. The number of rotatable bonds is 4. The van der Waals surface area contributed by atoms with E-state index in [9.17, 15) is 0 Å². The predicted octanol–water partition coefficient (Wildman–Crippen LogP) is 3.84. The van der Waals surface area contributed by atoms with Gasteiger partial charge in [0, 0.05) is 36.0 Å². The summed E-state index contributed by atoms with van der Waals surface area (Å²) in [6.45, 7) is 2.24. The van der Waals surface area contributed by atoms with Gasteiger partial charge in [-0.25, -0.2) is 0 Å². The van der Waals surface area contributed by atoms with Gasteiger partial charge in [0.25, 0.3) is 0 Å². The molecule has 0 radical (unpaired) electrons. The lowest BCUT2D eigenvalue weighted by Gasteiger charge is -2.36. The Labute approximate surface area is 160 Å². The Morgan fingerprint density at radius 2 is 1.78 bits per heavy atom. The number of benzene rings is 2. The number of piperidine rings is 1. The van der Waals surface area contributed by atoms with Crippen LogP contribution in [0.25, 0.3) is 22.0 Å². The van der Waals surface area contributed by atoms with E-state index in [4.69, 9.17) is 4.74 Å². The third-order valence-electron chi connectivity index (χ3n) is 5.51. The third kappa shape index (κ3) is 3.47. The highest BCUT2D eigenvalue weighted by Gasteiger charge is 2.24. The van der Waals surface area contributed by atoms with Gasteiger partial charge in [-0.2, -0.15) is 0 Å². The van der Waals surface area contributed by atoms with Gasteiger partial charge in [-0.1, -0.05) is 24.3 Å². The van der Waals surface area contributed by atoms with Gasteiger partial charge in [0.2, 0.25) is 0 Å². The molecule has 4 rings (SSSR count). The van der Waals surface area contributed by atoms with E-state index in [1.807, 2.05) is 24.3 Å². The molecule has 1 unspecified atom stereocenters. The molecule has 140 valence electrons. The number of fused-ring (bicyclic) bond motifs is 1. The average Bonchev–Trinajstić information content (AvgIpc) is 2.72. The number of hydrogen-bond acceptors (Lipinski definition) is 5. The summed E-state index contributed by atoms with van der Waals surface area (Å²) in [6.07, 6.45) is 2.41. The quantitative estimate of drug-likeness (QED) is 0.705. The minimum Gasteiger partial charge on any atom is -0.497 e. The number of anilines is 1. The first-order valence-electron chi connectivity index (χ1n) is 9.48. The Morgan fingerprint density at radius 1 is 1.04 bits per heavy atom. The lowest BCUT2D eigenvalue weighted by atomic mass is 10.0. The van der Waals surface area contributed by atoms with Gasteiger partial charge >= 0.3 is 0 Å². The molecule has 1 saturated heterocycles. The standard InChI is InChI=1S/C22H26N4O/c1-25-14-6-7-17(15-25)26(2)22-20-9-5-4-8-19(20)21(23-24-22)16-10-12-18(27-3)13-11-16/h4-5,8-13,17H,6-7,14-15H2,1-3H3. The molecule has 5 heteroatoms. The number of nitrogens with zero attached hydrogens (tertiary/aromatic N) is 4. The lowest BCUT2D eigenvalue weighted by molar-refractivity contribution is 0.247. The number of hydrogen-bond donors (Lipinski definition) is 0. The van der Waals surface area contributed by atoms with Crippen molar-refractivity contribution in [3.63, 3.8) is 0 Å². The summed E-state index contributed by atoms with van der Waals surface area (Å²) in [6, 6.07) is 16.9. The number of likely N-dealkylation sites (N-methyl/N-ethyl adjacent to an activating group) is 2. The first kappa shape index (κ1) is 17.7. The molecule has 1 aromatic heterocycles. The van der Waals surface area contributed by atoms with E-state index in [-0.39, 0.29) is 0 Å². The van der Waals surface area contributed by atoms with Crippen molar-refractivity contribution in [3.05, 3.63) is 48.5 Å². The highest BCUT2D eigenvalue weighted by Crippen LogP contribution is 2.33. The molecule has 2 heterocycles.